The molecule has 0 atom stereocenters. The van der Waals surface area contributed by atoms with Crippen molar-refractivity contribution in [2.75, 3.05) is 13.6 Å². The highest BCUT2D eigenvalue weighted by Crippen LogP contribution is 2.34. The summed E-state index contributed by atoms with van der Waals surface area (Å²) in [4.78, 5) is 0. The Labute approximate surface area is 91.0 Å². The first kappa shape index (κ1) is 10.8. The van der Waals surface area contributed by atoms with Gasteiger partial charge in [0.2, 0.25) is 0 Å². The van der Waals surface area contributed by atoms with Gasteiger partial charge in [-0.15, -0.1) is 0 Å². The molecular formula is C9H11BrClNO. The molecule has 1 aromatic rings. The van der Waals surface area contributed by atoms with Crippen LogP contribution in [-0.2, 0) is 6.42 Å². The summed E-state index contributed by atoms with van der Waals surface area (Å²) in [5.74, 6) is 0.172. The highest BCUT2D eigenvalue weighted by Gasteiger charge is 2.07. The van der Waals surface area contributed by atoms with E-state index in [-0.39, 0.29) is 5.75 Å². The summed E-state index contributed by atoms with van der Waals surface area (Å²) in [5, 5.41) is 13.0. The normalized spacial score (nSPS) is 10.4. The van der Waals surface area contributed by atoms with E-state index < -0.39 is 0 Å². The molecule has 0 aromatic heterocycles. The molecule has 1 aromatic carbocycles. The van der Waals surface area contributed by atoms with Gasteiger partial charge in [0, 0.05) is 4.47 Å². The van der Waals surface area contributed by atoms with Crippen LogP contribution in [0.25, 0.3) is 0 Å². The number of hydrogen-bond donors (Lipinski definition) is 2. The molecule has 0 aliphatic heterocycles. The van der Waals surface area contributed by atoms with Crippen LogP contribution in [0.5, 0.6) is 5.75 Å². The van der Waals surface area contributed by atoms with Crippen LogP contribution in [0, 0.1) is 0 Å². The first-order chi connectivity index (χ1) is 6.16. The van der Waals surface area contributed by atoms with E-state index in [1.807, 2.05) is 19.2 Å². The van der Waals surface area contributed by atoms with Gasteiger partial charge in [0.25, 0.3) is 0 Å². The van der Waals surface area contributed by atoms with E-state index in [1.165, 1.54) is 0 Å². The molecular weight excluding hydrogens is 253 g/mol. The molecule has 2 nitrogen and oxygen atoms in total. The SMILES string of the molecule is CNCCc1ccc(Br)c(Cl)c1O. The molecule has 0 bridgehead atoms. The summed E-state index contributed by atoms with van der Waals surface area (Å²) in [6.45, 7) is 0.825. The molecule has 0 amide bonds. The lowest BCUT2D eigenvalue weighted by atomic mass is 10.1. The van der Waals surface area contributed by atoms with E-state index in [9.17, 15) is 5.11 Å². The molecule has 4 heteroatoms. The fourth-order valence-electron chi connectivity index (χ4n) is 1.04. The van der Waals surface area contributed by atoms with E-state index >= 15 is 0 Å². The Morgan fingerprint density at radius 1 is 1.54 bits per heavy atom. The molecule has 0 unspecified atom stereocenters. The zero-order valence-electron chi connectivity index (χ0n) is 7.27. The number of nitrogens with one attached hydrogen (secondary N) is 1. The Balaban J connectivity index is 2.90. The molecule has 0 fully saturated rings. The standard InChI is InChI=1S/C9H11BrClNO/c1-12-5-4-6-2-3-7(10)8(11)9(6)13/h2-3,12-13H,4-5H2,1H3. The summed E-state index contributed by atoms with van der Waals surface area (Å²) in [5.41, 5.74) is 0.863. The molecule has 0 aliphatic carbocycles. The summed E-state index contributed by atoms with van der Waals surface area (Å²) in [6.07, 6.45) is 0.773. The summed E-state index contributed by atoms with van der Waals surface area (Å²) >= 11 is 9.09. The second-order valence-electron chi connectivity index (χ2n) is 2.72. The summed E-state index contributed by atoms with van der Waals surface area (Å²) in [7, 11) is 1.87. The van der Waals surface area contributed by atoms with Crippen molar-refractivity contribution >= 4 is 27.5 Å². The quantitative estimate of drug-likeness (QED) is 0.879. The van der Waals surface area contributed by atoms with Gasteiger partial charge in [-0.05, 0) is 47.6 Å². The fraction of sp³-hybridized carbons (Fsp3) is 0.333. The minimum atomic E-state index is 0.172. The lowest BCUT2D eigenvalue weighted by Gasteiger charge is -2.06. The van der Waals surface area contributed by atoms with Gasteiger partial charge in [-0.25, -0.2) is 0 Å². The Hall–Kier alpha value is -0.250. The number of halogens is 2. The molecule has 0 heterocycles. The first-order valence-electron chi connectivity index (χ1n) is 3.97. The van der Waals surface area contributed by atoms with Gasteiger partial charge in [-0.3, -0.25) is 0 Å². The van der Waals surface area contributed by atoms with Crippen LogP contribution in [0.15, 0.2) is 16.6 Å². The van der Waals surface area contributed by atoms with Crippen molar-refractivity contribution in [1.82, 2.24) is 5.32 Å². The predicted octanol–water partition coefficient (Wildman–Crippen LogP) is 2.57. The van der Waals surface area contributed by atoms with Crippen molar-refractivity contribution in [3.8, 4) is 5.75 Å². The van der Waals surface area contributed by atoms with E-state index in [4.69, 9.17) is 11.6 Å². The monoisotopic (exact) mass is 263 g/mol. The van der Waals surface area contributed by atoms with E-state index in [0.717, 1.165) is 23.0 Å². The predicted molar refractivity (Wildman–Crippen MR) is 58.4 cm³/mol. The fourth-order valence-corrected chi connectivity index (χ4v) is 1.55. The molecule has 0 spiro atoms. The Bertz CT molecular complexity index is 304. The number of hydrogen-bond acceptors (Lipinski definition) is 2. The van der Waals surface area contributed by atoms with Crippen LogP contribution >= 0.6 is 27.5 Å². The third kappa shape index (κ3) is 2.59. The van der Waals surface area contributed by atoms with Crippen LogP contribution in [0.1, 0.15) is 5.56 Å². The minimum Gasteiger partial charge on any atom is -0.506 e. The van der Waals surface area contributed by atoms with Crippen LogP contribution in [0.2, 0.25) is 5.02 Å². The molecule has 13 heavy (non-hydrogen) atoms. The average Bonchev–Trinajstić information content (AvgIpc) is 2.13. The maximum Gasteiger partial charge on any atom is 0.138 e. The van der Waals surface area contributed by atoms with Gasteiger partial charge >= 0.3 is 0 Å². The third-order valence-corrected chi connectivity index (χ3v) is 3.07. The van der Waals surface area contributed by atoms with Gasteiger partial charge in [0.1, 0.15) is 5.75 Å². The lowest BCUT2D eigenvalue weighted by molar-refractivity contribution is 0.467. The Morgan fingerprint density at radius 3 is 2.85 bits per heavy atom. The molecule has 1 rings (SSSR count). The number of phenols is 1. The topological polar surface area (TPSA) is 32.3 Å². The number of benzene rings is 1. The van der Waals surface area contributed by atoms with Gasteiger partial charge in [-0.1, -0.05) is 17.7 Å². The minimum absolute atomic E-state index is 0.172. The Kier molecular flexibility index (Phi) is 4.03. The van der Waals surface area contributed by atoms with E-state index in [2.05, 4.69) is 21.2 Å². The van der Waals surface area contributed by atoms with Gasteiger partial charge < -0.3 is 10.4 Å². The molecule has 0 radical (unpaired) electrons. The van der Waals surface area contributed by atoms with Crippen molar-refractivity contribution in [2.45, 2.75) is 6.42 Å². The number of phenolic OH excluding ortho intramolecular Hbond substituents is 1. The van der Waals surface area contributed by atoms with Crippen molar-refractivity contribution in [3.05, 3.63) is 27.2 Å². The average molecular weight is 265 g/mol. The molecule has 0 aliphatic rings. The zero-order valence-corrected chi connectivity index (χ0v) is 9.61. The van der Waals surface area contributed by atoms with Crippen molar-refractivity contribution in [1.29, 1.82) is 0 Å². The maximum absolute atomic E-state index is 9.62. The second-order valence-corrected chi connectivity index (χ2v) is 3.95. The molecule has 0 saturated heterocycles. The van der Waals surface area contributed by atoms with Crippen LogP contribution in [0.4, 0.5) is 0 Å². The number of likely N-dealkylation sites (N-methyl/N-ethyl adjacent to an activating group) is 1. The van der Waals surface area contributed by atoms with Crippen LogP contribution in [0.3, 0.4) is 0 Å². The smallest absolute Gasteiger partial charge is 0.138 e. The highest BCUT2D eigenvalue weighted by molar-refractivity contribution is 9.10. The van der Waals surface area contributed by atoms with Gasteiger partial charge in [-0.2, -0.15) is 0 Å². The van der Waals surface area contributed by atoms with E-state index in [0.29, 0.717) is 5.02 Å². The van der Waals surface area contributed by atoms with Crippen molar-refractivity contribution in [2.24, 2.45) is 0 Å². The molecule has 2 N–H and O–H groups in total. The third-order valence-electron chi connectivity index (χ3n) is 1.80. The zero-order chi connectivity index (χ0) is 9.84. The summed E-state index contributed by atoms with van der Waals surface area (Å²) in [6, 6.07) is 3.70. The highest BCUT2D eigenvalue weighted by atomic mass is 79.9. The largest absolute Gasteiger partial charge is 0.506 e. The maximum atomic E-state index is 9.62. The summed E-state index contributed by atoms with van der Waals surface area (Å²) < 4.78 is 0.722. The van der Waals surface area contributed by atoms with Crippen LogP contribution < -0.4 is 5.32 Å². The van der Waals surface area contributed by atoms with E-state index in [1.54, 1.807) is 0 Å². The molecule has 72 valence electrons. The first-order valence-corrected chi connectivity index (χ1v) is 5.14. The van der Waals surface area contributed by atoms with Gasteiger partial charge in [0.05, 0.1) is 5.02 Å². The Morgan fingerprint density at radius 2 is 2.23 bits per heavy atom. The van der Waals surface area contributed by atoms with Crippen molar-refractivity contribution < 1.29 is 5.11 Å². The second kappa shape index (κ2) is 4.84. The molecule has 0 saturated carbocycles. The van der Waals surface area contributed by atoms with Gasteiger partial charge in [0.15, 0.2) is 0 Å². The number of rotatable bonds is 3. The lowest BCUT2D eigenvalue weighted by Crippen LogP contribution is -2.10. The van der Waals surface area contributed by atoms with Crippen molar-refractivity contribution in [3.63, 3.8) is 0 Å². The number of aromatic hydroxyl groups is 1. The van der Waals surface area contributed by atoms with Crippen LogP contribution in [-0.4, -0.2) is 18.7 Å².